The van der Waals surface area contributed by atoms with Gasteiger partial charge in [-0.3, -0.25) is 0 Å². The molecule has 0 radical (unpaired) electrons. The summed E-state index contributed by atoms with van der Waals surface area (Å²) >= 11 is 0. The summed E-state index contributed by atoms with van der Waals surface area (Å²) in [5, 5.41) is 3.32. The van der Waals surface area contributed by atoms with E-state index >= 15 is 0 Å². The SMILES string of the molecule is c1ncn(CCC2CCC2)c1C1CNC1. The first kappa shape index (κ1) is 9.40. The molecule has 1 saturated carbocycles. The van der Waals surface area contributed by atoms with Crippen molar-refractivity contribution in [2.24, 2.45) is 5.92 Å². The molecule has 3 nitrogen and oxygen atoms in total. The minimum atomic E-state index is 0.717. The van der Waals surface area contributed by atoms with Crippen LogP contribution in [0.1, 0.15) is 37.3 Å². The van der Waals surface area contributed by atoms with Gasteiger partial charge in [-0.2, -0.15) is 0 Å². The van der Waals surface area contributed by atoms with Crippen LogP contribution in [-0.2, 0) is 6.54 Å². The number of imidazole rings is 1. The second-order valence-electron chi connectivity index (χ2n) is 4.95. The van der Waals surface area contributed by atoms with Crippen molar-refractivity contribution in [3.8, 4) is 0 Å². The van der Waals surface area contributed by atoms with Gasteiger partial charge in [-0.05, 0) is 12.3 Å². The standard InChI is InChI=1S/C12H19N3/c1-2-10(3-1)4-5-15-9-14-8-12(15)11-6-13-7-11/h8-11,13H,1-7H2. The first-order chi connectivity index (χ1) is 7.43. The predicted molar refractivity (Wildman–Crippen MR) is 59.8 cm³/mol. The molecule has 1 aliphatic carbocycles. The fourth-order valence-electron chi connectivity index (χ4n) is 2.46. The van der Waals surface area contributed by atoms with E-state index in [1.165, 1.54) is 37.9 Å². The zero-order valence-electron chi connectivity index (χ0n) is 9.15. The summed E-state index contributed by atoms with van der Waals surface area (Å²) in [5.74, 6) is 1.72. The van der Waals surface area contributed by atoms with Crippen molar-refractivity contribution in [2.45, 2.75) is 38.1 Å². The number of aryl methyl sites for hydroxylation is 1. The minimum Gasteiger partial charge on any atom is -0.334 e. The zero-order valence-corrected chi connectivity index (χ0v) is 9.15. The Balaban J connectivity index is 1.60. The summed E-state index contributed by atoms with van der Waals surface area (Å²) in [6, 6.07) is 0. The molecule has 15 heavy (non-hydrogen) atoms. The Bertz CT molecular complexity index is 323. The highest BCUT2D eigenvalue weighted by molar-refractivity contribution is 5.11. The summed E-state index contributed by atoms with van der Waals surface area (Å²) in [6.45, 7) is 3.45. The van der Waals surface area contributed by atoms with E-state index in [-0.39, 0.29) is 0 Å². The molecule has 1 aromatic heterocycles. The molecule has 3 heteroatoms. The summed E-state index contributed by atoms with van der Waals surface area (Å²) in [7, 11) is 0. The van der Waals surface area contributed by atoms with Gasteiger partial charge in [0.2, 0.25) is 0 Å². The molecule has 0 unspecified atom stereocenters. The highest BCUT2D eigenvalue weighted by atomic mass is 15.1. The molecule has 0 spiro atoms. The van der Waals surface area contributed by atoms with E-state index in [9.17, 15) is 0 Å². The number of nitrogens with zero attached hydrogens (tertiary/aromatic N) is 2. The summed E-state index contributed by atoms with van der Waals surface area (Å²) in [6.07, 6.45) is 9.76. The lowest BCUT2D eigenvalue weighted by Crippen LogP contribution is -2.40. The number of aromatic nitrogens is 2. The van der Waals surface area contributed by atoms with Crippen LogP contribution in [-0.4, -0.2) is 22.6 Å². The van der Waals surface area contributed by atoms with Gasteiger partial charge >= 0.3 is 0 Å². The van der Waals surface area contributed by atoms with Gasteiger partial charge in [-0.25, -0.2) is 4.98 Å². The van der Waals surface area contributed by atoms with Crippen molar-refractivity contribution < 1.29 is 0 Å². The first-order valence-corrected chi connectivity index (χ1v) is 6.14. The Morgan fingerprint density at radius 3 is 2.87 bits per heavy atom. The Morgan fingerprint density at radius 2 is 2.27 bits per heavy atom. The molecule has 0 atom stereocenters. The average Bonchev–Trinajstić information content (AvgIpc) is 2.47. The highest BCUT2D eigenvalue weighted by Gasteiger charge is 2.23. The smallest absolute Gasteiger partial charge is 0.0948 e. The van der Waals surface area contributed by atoms with Crippen molar-refractivity contribution in [3.63, 3.8) is 0 Å². The summed E-state index contributed by atoms with van der Waals surface area (Å²) < 4.78 is 2.36. The van der Waals surface area contributed by atoms with Crippen molar-refractivity contribution in [3.05, 3.63) is 18.2 Å². The zero-order chi connectivity index (χ0) is 10.1. The van der Waals surface area contributed by atoms with Crippen LogP contribution >= 0.6 is 0 Å². The lowest BCUT2D eigenvalue weighted by Gasteiger charge is -2.29. The Labute approximate surface area is 90.9 Å². The van der Waals surface area contributed by atoms with Gasteiger partial charge in [0.05, 0.1) is 6.33 Å². The van der Waals surface area contributed by atoms with Gasteiger partial charge in [0.1, 0.15) is 0 Å². The lowest BCUT2D eigenvalue weighted by molar-refractivity contribution is 0.279. The maximum Gasteiger partial charge on any atom is 0.0948 e. The molecule has 0 bridgehead atoms. The molecule has 1 aromatic rings. The van der Waals surface area contributed by atoms with Crippen molar-refractivity contribution in [1.29, 1.82) is 0 Å². The van der Waals surface area contributed by atoms with Gasteiger partial charge in [0, 0.05) is 37.4 Å². The molecule has 2 heterocycles. The first-order valence-electron chi connectivity index (χ1n) is 6.14. The third-order valence-corrected chi connectivity index (χ3v) is 3.95. The van der Waals surface area contributed by atoms with Gasteiger partial charge in [-0.15, -0.1) is 0 Å². The Kier molecular flexibility index (Phi) is 2.49. The Morgan fingerprint density at radius 1 is 1.40 bits per heavy atom. The molecular weight excluding hydrogens is 186 g/mol. The van der Waals surface area contributed by atoms with Crippen LogP contribution in [0, 0.1) is 5.92 Å². The van der Waals surface area contributed by atoms with Crippen molar-refractivity contribution >= 4 is 0 Å². The van der Waals surface area contributed by atoms with E-state index in [2.05, 4.69) is 14.9 Å². The molecule has 1 aliphatic heterocycles. The monoisotopic (exact) mass is 205 g/mol. The lowest BCUT2D eigenvalue weighted by atomic mass is 9.83. The van der Waals surface area contributed by atoms with Crippen LogP contribution in [0.5, 0.6) is 0 Å². The second kappa shape index (κ2) is 3.97. The third-order valence-electron chi connectivity index (χ3n) is 3.95. The molecule has 2 fully saturated rings. The van der Waals surface area contributed by atoms with E-state index < -0.39 is 0 Å². The third kappa shape index (κ3) is 1.81. The maximum absolute atomic E-state index is 4.28. The second-order valence-corrected chi connectivity index (χ2v) is 4.95. The summed E-state index contributed by atoms with van der Waals surface area (Å²) in [5.41, 5.74) is 1.44. The molecule has 2 aliphatic rings. The number of nitrogens with one attached hydrogen (secondary N) is 1. The molecule has 1 saturated heterocycles. The Hall–Kier alpha value is -0.830. The number of hydrogen-bond acceptors (Lipinski definition) is 2. The van der Waals surface area contributed by atoms with Crippen molar-refractivity contribution in [1.82, 2.24) is 14.9 Å². The van der Waals surface area contributed by atoms with Gasteiger partial charge in [0.15, 0.2) is 0 Å². The van der Waals surface area contributed by atoms with E-state index in [0.29, 0.717) is 5.92 Å². The van der Waals surface area contributed by atoms with Crippen LogP contribution < -0.4 is 5.32 Å². The predicted octanol–water partition coefficient (Wildman–Crippen LogP) is 1.76. The topological polar surface area (TPSA) is 29.9 Å². The van der Waals surface area contributed by atoms with Gasteiger partial charge in [-0.1, -0.05) is 19.3 Å². The normalized spacial score (nSPS) is 22.4. The molecule has 0 amide bonds. The molecule has 1 N–H and O–H groups in total. The molecular formula is C12H19N3. The van der Waals surface area contributed by atoms with Crippen LogP contribution in [0.3, 0.4) is 0 Å². The summed E-state index contributed by atoms with van der Waals surface area (Å²) in [4.78, 5) is 4.28. The van der Waals surface area contributed by atoms with E-state index in [1.54, 1.807) is 0 Å². The average molecular weight is 205 g/mol. The highest BCUT2D eigenvalue weighted by Crippen LogP contribution is 2.30. The fourth-order valence-corrected chi connectivity index (χ4v) is 2.46. The number of hydrogen-bond donors (Lipinski definition) is 1. The van der Waals surface area contributed by atoms with E-state index in [1.807, 2.05) is 12.5 Å². The van der Waals surface area contributed by atoms with Crippen LogP contribution in [0.15, 0.2) is 12.5 Å². The number of rotatable bonds is 4. The van der Waals surface area contributed by atoms with Crippen molar-refractivity contribution in [2.75, 3.05) is 13.1 Å². The largest absolute Gasteiger partial charge is 0.334 e. The maximum atomic E-state index is 4.28. The van der Waals surface area contributed by atoms with Crippen LogP contribution in [0.2, 0.25) is 0 Å². The van der Waals surface area contributed by atoms with Gasteiger partial charge in [0.25, 0.3) is 0 Å². The molecule has 0 aromatic carbocycles. The van der Waals surface area contributed by atoms with E-state index in [4.69, 9.17) is 0 Å². The van der Waals surface area contributed by atoms with Crippen LogP contribution in [0.25, 0.3) is 0 Å². The molecule has 3 rings (SSSR count). The molecule has 82 valence electrons. The minimum absolute atomic E-state index is 0.717. The van der Waals surface area contributed by atoms with E-state index in [0.717, 1.165) is 19.0 Å². The quantitative estimate of drug-likeness (QED) is 0.811. The van der Waals surface area contributed by atoms with Gasteiger partial charge < -0.3 is 9.88 Å². The van der Waals surface area contributed by atoms with Crippen LogP contribution in [0.4, 0.5) is 0 Å². The fraction of sp³-hybridized carbons (Fsp3) is 0.750.